The second-order valence-corrected chi connectivity index (χ2v) is 7.31. The van der Waals surface area contributed by atoms with Crippen LogP contribution in [0.1, 0.15) is 20.7 Å². The Morgan fingerprint density at radius 1 is 0.886 bits per heavy atom. The third-order valence-electron chi connectivity index (χ3n) is 5.19. The number of hydrogen-bond donors (Lipinski definition) is 1. The van der Waals surface area contributed by atoms with Gasteiger partial charge in [-0.15, -0.1) is 0 Å². The van der Waals surface area contributed by atoms with Gasteiger partial charge in [0.05, 0.1) is 38.7 Å². The number of benzene rings is 3. The quantitative estimate of drug-likeness (QED) is 0.437. The number of ether oxygens (including phenoxy) is 3. The maximum atomic E-state index is 13.4. The summed E-state index contributed by atoms with van der Waals surface area (Å²) in [6.07, 6.45) is 0. The Balaban J connectivity index is 1.86. The van der Waals surface area contributed by atoms with Crippen LogP contribution >= 0.6 is 0 Å². The fourth-order valence-electron chi connectivity index (χ4n) is 3.42. The zero-order valence-corrected chi connectivity index (χ0v) is 19.2. The van der Waals surface area contributed by atoms with Gasteiger partial charge in [0.15, 0.2) is 11.3 Å². The Morgan fingerprint density at radius 2 is 1.63 bits per heavy atom. The molecule has 0 aliphatic heterocycles. The molecular formula is C26H21N2O7-. The summed E-state index contributed by atoms with van der Waals surface area (Å²) in [5.41, 5.74) is 1.31. The van der Waals surface area contributed by atoms with Crippen molar-refractivity contribution < 1.29 is 33.3 Å². The smallest absolute Gasteiger partial charge is 0.261 e. The summed E-state index contributed by atoms with van der Waals surface area (Å²) in [6, 6.07) is 17.6. The summed E-state index contributed by atoms with van der Waals surface area (Å²) < 4.78 is 22.0. The van der Waals surface area contributed by atoms with Crippen LogP contribution in [0.4, 0.5) is 11.4 Å². The molecule has 0 atom stereocenters. The minimum Gasteiger partial charge on any atom is -0.545 e. The molecule has 0 aliphatic carbocycles. The van der Waals surface area contributed by atoms with Gasteiger partial charge in [-0.25, -0.2) is 4.99 Å². The Morgan fingerprint density at radius 3 is 2.29 bits per heavy atom. The van der Waals surface area contributed by atoms with Crippen molar-refractivity contribution in [1.82, 2.24) is 0 Å². The molecule has 1 aromatic heterocycles. The van der Waals surface area contributed by atoms with Crippen LogP contribution in [0.5, 0.6) is 17.2 Å². The number of aromatic carboxylic acids is 1. The van der Waals surface area contributed by atoms with Gasteiger partial charge in [0.25, 0.3) is 5.91 Å². The maximum absolute atomic E-state index is 13.4. The molecule has 0 unspecified atom stereocenters. The monoisotopic (exact) mass is 473 g/mol. The molecule has 9 nitrogen and oxygen atoms in total. The van der Waals surface area contributed by atoms with Crippen molar-refractivity contribution in [3.63, 3.8) is 0 Å². The van der Waals surface area contributed by atoms with Crippen LogP contribution in [0.15, 0.2) is 76.1 Å². The lowest BCUT2D eigenvalue weighted by atomic mass is 10.1. The SMILES string of the molecule is COc1ccc(OC)c(NC(=O)c2cc3cccc(OC)c3oc2=Nc2ccc(C(=O)[O-])cc2)c1. The van der Waals surface area contributed by atoms with Crippen molar-refractivity contribution in [2.75, 3.05) is 26.6 Å². The van der Waals surface area contributed by atoms with Gasteiger partial charge in [-0.3, -0.25) is 4.79 Å². The molecule has 178 valence electrons. The first kappa shape index (κ1) is 23.4. The lowest BCUT2D eigenvalue weighted by Gasteiger charge is -2.12. The topological polar surface area (TPSA) is 122 Å². The number of nitrogens with zero attached hydrogens (tertiary/aromatic N) is 1. The molecule has 4 rings (SSSR count). The number of rotatable bonds is 7. The van der Waals surface area contributed by atoms with Crippen molar-refractivity contribution in [3.05, 3.63) is 83.4 Å². The minimum atomic E-state index is -1.30. The third-order valence-corrected chi connectivity index (χ3v) is 5.19. The van der Waals surface area contributed by atoms with E-state index < -0.39 is 11.9 Å². The molecule has 35 heavy (non-hydrogen) atoms. The van der Waals surface area contributed by atoms with Crippen molar-refractivity contribution in [1.29, 1.82) is 0 Å². The zero-order chi connectivity index (χ0) is 24.9. The summed E-state index contributed by atoms with van der Waals surface area (Å²) in [5.74, 6) is -0.367. The van der Waals surface area contributed by atoms with E-state index in [1.807, 2.05) is 0 Å². The molecule has 1 N–H and O–H groups in total. The number of carbonyl (C=O) groups excluding carboxylic acids is 2. The average Bonchev–Trinajstić information content (AvgIpc) is 2.88. The first-order valence-corrected chi connectivity index (χ1v) is 10.4. The lowest BCUT2D eigenvalue weighted by molar-refractivity contribution is -0.255. The Labute approximate surface area is 200 Å². The molecule has 0 saturated heterocycles. The standard InChI is InChI=1S/C26H22N2O7/c1-32-18-11-12-21(33-2)20(14-18)28-24(29)19-13-16-5-4-6-22(34-3)23(16)35-25(19)27-17-9-7-15(8-10-17)26(30)31/h4-14H,1-3H3,(H,28,29)(H,30,31)/p-1. The fourth-order valence-corrected chi connectivity index (χ4v) is 3.42. The van der Waals surface area contributed by atoms with E-state index in [0.717, 1.165) is 0 Å². The Bertz CT molecular complexity index is 1470. The second-order valence-electron chi connectivity index (χ2n) is 7.31. The Hall–Kier alpha value is -4.79. The summed E-state index contributed by atoms with van der Waals surface area (Å²) in [7, 11) is 4.52. The number of fused-ring (bicyclic) bond motifs is 1. The van der Waals surface area contributed by atoms with Crippen LogP contribution in [0.2, 0.25) is 0 Å². The highest BCUT2D eigenvalue weighted by atomic mass is 16.5. The molecule has 3 aromatic carbocycles. The number of carboxylic acids is 1. The molecule has 9 heteroatoms. The van der Waals surface area contributed by atoms with Crippen LogP contribution in [0.25, 0.3) is 11.0 Å². The number of hydrogen-bond acceptors (Lipinski definition) is 8. The van der Waals surface area contributed by atoms with Gasteiger partial charge < -0.3 is 33.8 Å². The highest BCUT2D eigenvalue weighted by Crippen LogP contribution is 2.30. The van der Waals surface area contributed by atoms with E-state index in [0.29, 0.717) is 39.6 Å². The molecule has 0 fully saturated rings. The van der Waals surface area contributed by atoms with Crippen molar-refractivity contribution in [3.8, 4) is 17.2 Å². The summed E-state index contributed by atoms with van der Waals surface area (Å²) >= 11 is 0. The van der Waals surface area contributed by atoms with Crippen molar-refractivity contribution >= 4 is 34.2 Å². The van der Waals surface area contributed by atoms with Crippen LogP contribution in [0.3, 0.4) is 0 Å². The highest BCUT2D eigenvalue weighted by molar-refractivity contribution is 6.06. The van der Waals surface area contributed by atoms with E-state index in [2.05, 4.69) is 10.3 Å². The first-order chi connectivity index (χ1) is 16.9. The largest absolute Gasteiger partial charge is 0.545 e. The Kier molecular flexibility index (Phi) is 6.68. The van der Waals surface area contributed by atoms with Gasteiger partial charge in [-0.2, -0.15) is 0 Å². The number of carboxylic acid groups (broad SMARTS) is 1. The van der Waals surface area contributed by atoms with E-state index in [-0.39, 0.29) is 16.7 Å². The summed E-state index contributed by atoms with van der Waals surface area (Å²) in [4.78, 5) is 28.9. The zero-order valence-electron chi connectivity index (χ0n) is 19.2. The molecular weight excluding hydrogens is 452 g/mol. The van der Waals surface area contributed by atoms with Crippen LogP contribution in [0, 0.1) is 0 Å². The molecule has 1 heterocycles. The first-order valence-electron chi connectivity index (χ1n) is 10.4. The molecule has 0 saturated carbocycles. The van der Waals surface area contributed by atoms with Gasteiger partial charge in [0.2, 0.25) is 5.55 Å². The molecule has 0 aliphatic rings. The molecule has 0 spiro atoms. The number of amides is 1. The maximum Gasteiger partial charge on any atom is 0.261 e. The van der Waals surface area contributed by atoms with Gasteiger partial charge in [-0.1, -0.05) is 24.3 Å². The van der Waals surface area contributed by atoms with Gasteiger partial charge in [0, 0.05) is 11.5 Å². The molecule has 1 amide bonds. The third kappa shape index (κ3) is 4.93. The highest BCUT2D eigenvalue weighted by Gasteiger charge is 2.17. The van der Waals surface area contributed by atoms with Crippen LogP contribution in [-0.4, -0.2) is 33.2 Å². The molecule has 0 radical (unpaired) electrons. The molecule has 4 aromatic rings. The number of carbonyl (C=O) groups is 2. The predicted octanol–water partition coefficient (Wildman–Crippen LogP) is 3.31. The van der Waals surface area contributed by atoms with E-state index in [1.54, 1.807) is 42.5 Å². The van der Waals surface area contributed by atoms with Crippen molar-refractivity contribution in [2.45, 2.75) is 0 Å². The van der Waals surface area contributed by atoms with E-state index in [9.17, 15) is 14.7 Å². The molecule has 0 bridgehead atoms. The van der Waals surface area contributed by atoms with Crippen molar-refractivity contribution in [2.24, 2.45) is 4.99 Å². The minimum absolute atomic E-state index is 0.00237. The van der Waals surface area contributed by atoms with E-state index in [1.165, 1.54) is 45.6 Å². The van der Waals surface area contributed by atoms with Crippen LogP contribution < -0.4 is 30.2 Å². The number of methoxy groups -OCH3 is 3. The number of anilines is 1. The average molecular weight is 473 g/mol. The summed E-state index contributed by atoms with van der Waals surface area (Å²) in [6.45, 7) is 0. The van der Waals surface area contributed by atoms with Crippen LogP contribution in [-0.2, 0) is 0 Å². The lowest BCUT2D eigenvalue weighted by Crippen LogP contribution is -2.22. The predicted molar refractivity (Wildman–Crippen MR) is 126 cm³/mol. The summed E-state index contributed by atoms with van der Waals surface area (Å²) in [5, 5.41) is 14.5. The fraction of sp³-hybridized carbons (Fsp3) is 0.115. The van der Waals surface area contributed by atoms with E-state index >= 15 is 0 Å². The van der Waals surface area contributed by atoms with E-state index in [4.69, 9.17) is 18.6 Å². The second kappa shape index (κ2) is 10.0. The van der Waals surface area contributed by atoms with Gasteiger partial charge >= 0.3 is 0 Å². The van der Waals surface area contributed by atoms with Gasteiger partial charge in [0.1, 0.15) is 17.1 Å². The number of nitrogens with one attached hydrogen (secondary N) is 1. The van der Waals surface area contributed by atoms with Gasteiger partial charge in [-0.05, 0) is 42.0 Å². The number of para-hydroxylation sites is 1. The normalized spacial score (nSPS) is 11.2.